The van der Waals surface area contributed by atoms with Crippen LogP contribution in [0.1, 0.15) is 5.69 Å². The number of aromatic amines is 1. The first-order valence-electron chi connectivity index (χ1n) is 2.67. The summed E-state index contributed by atoms with van der Waals surface area (Å²) in [5.41, 5.74) is 0.573. The van der Waals surface area contributed by atoms with Crippen LogP contribution in [0.2, 0.25) is 0 Å². The van der Waals surface area contributed by atoms with Crippen molar-refractivity contribution in [1.82, 2.24) is 9.97 Å². The van der Waals surface area contributed by atoms with Gasteiger partial charge in [0.05, 0.1) is 18.0 Å². The summed E-state index contributed by atoms with van der Waals surface area (Å²) in [5, 5.41) is 9.86. The minimum absolute atomic E-state index is 0. The van der Waals surface area contributed by atoms with Crippen LogP contribution >= 0.6 is 0 Å². The number of nitrogens with zero attached hydrogens (tertiary/aromatic N) is 1. The normalized spacial score (nSPS) is 9.45. The van der Waals surface area contributed by atoms with Crippen LogP contribution in [0.3, 0.4) is 0 Å². The number of imidazole rings is 1. The second kappa shape index (κ2) is 5.67. The second-order valence-corrected chi connectivity index (χ2v) is 1.65. The quantitative estimate of drug-likeness (QED) is 0.371. The van der Waals surface area contributed by atoms with Crippen molar-refractivity contribution in [2.45, 2.75) is 0 Å². The number of H-pyrrole nitrogens is 1. The van der Waals surface area contributed by atoms with Crippen molar-refractivity contribution in [2.24, 2.45) is 0 Å². The van der Waals surface area contributed by atoms with E-state index in [4.69, 9.17) is 0 Å². The molecule has 0 unspecified atom stereocenters. The molecule has 0 fully saturated rings. The standard InChI is InChI=1S/C6H6N2O2.K/c9-6(10)2-1-5-3-7-4-8-5;/h1-4H,(H,7,8)(H,9,10);/q;+1/p-1. The molecular formula is C6H5KN2O2. The summed E-state index contributed by atoms with van der Waals surface area (Å²) in [6.07, 6.45) is 5.33. The zero-order valence-electron chi connectivity index (χ0n) is 6.07. The molecule has 0 saturated carbocycles. The first-order chi connectivity index (χ1) is 4.79. The van der Waals surface area contributed by atoms with E-state index in [1.165, 1.54) is 12.4 Å². The first kappa shape index (κ1) is 11.1. The van der Waals surface area contributed by atoms with Gasteiger partial charge in [0.2, 0.25) is 0 Å². The number of carbonyl (C=O) groups is 1. The number of rotatable bonds is 2. The van der Waals surface area contributed by atoms with Gasteiger partial charge < -0.3 is 14.9 Å². The SMILES string of the molecule is O=C([O-])C=Cc1c[nH]cn1.[K+]. The number of hydrogen-bond acceptors (Lipinski definition) is 3. The molecule has 0 bridgehead atoms. The van der Waals surface area contributed by atoms with E-state index >= 15 is 0 Å². The van der Waals surface area contributed by atoms with E-state index in [9.17, 15) is 9.90 Å². The number of hydrogen-bond donors (Lipinski definition) is 1. The summed E-state index contributed by atoms with van der Waals surface area (Å²) < 4.78 is 0. The Labute approximate surface area is 106 Å². The molecule has 0 aromatic carbocycles. The fourth-order valence-corrected chi connectivity index (χ4v) is 0.516. The molecule has 1 N–H and O–H groups in total. The maximum absolute atomic E-state index is 9.86. The van der Waals surface area contributed by atoms with Crippen LogP contribution in [-0.2, 0) is 4.79 Å². The van der Waals surface area contributed by atoms with E-state index in [-0.39, 0.29) is 51.4 Å². The van der Waals surface area contributed by atoms with E-state index in [1.807, 2.05) is 0 Å². The number of aliphatic carboxylic acids is 1. The molecule has 5 heteroatoms. The largest absolute Gasteiger partial charge is 1.00 e. The van der Waals surface area contributed by atoms with Gasteiger partial charge in [0.25, 0.3) is 0 Å². The molecule has 1 aromatic heterocycles. The summed E-state index contributed by atoms with van der Waals surface area (Å²) in [4.78, 5) is 16.3. The van der Waals surface area contributed by atoms with E-state index in [0.29, 0.717) is 5.69 Å². The molecule has 0 spiro atoms. The average Bonchev–Trinajstić information content (AvgIpc) is 2.34. The molecule has 0 saturated heterocycles. The Morgan fingerprint density at radius 1 is 1.73 bits per heavy atom. The third-order valence-corrected chi connectivity index (χ3v) is 0.910. The maximum Gasteiger partial charge on any atom is 1.00 e. The van der Waals surface area contributed by atoms with E-state index in [2.05, 4.69) is 9.97 Å². The summed E-state index contributed by atoms with van der Waals surface area (Å²) in [7, 11) is 0. The Morgan fingerprint density at radius 3 is 2.91 bits per heavy atom. The van der Waals surface area contributed by atoms with E-state index < -0.39 is 5.97 Å². The second-order valence-electron chi connectivity index (χ2n) is 1.65. The third-order valence-electron chi connectivity index (χ3n) is 0.910. The molecule has 0 aliphatic rings. The van der Waals surface area contributed by atoms with Crippen LogP contribution in [0, 0.1) is 0 Å². The van der Waals surface area contributed by atoms with Crippen molar-refractivity contribution >= 4 is 12.0 Å². The number of carboxylic acid groups (broad SMARTS) is 1. The van der Waals surface area contributed by atoms with Gasteiger partial charge in [-0.3, -0.25) is 0 Å². The first-order valence-corrected chi connectivity index (χ1v) is 2.67. The number of nitrogens with one attached hydrogen (secondary N) is 1. The average molecular weight is 176 g/mol. The third kappa shape index (κ3) is 4.49. The van der Waals surface area contributed by atoms with Crippen molar-refractivity contribution in [2.75, 3.05) is 0 Å². The summed E-state index contributed by atoms with van der Waals surface area (Å²) in [5.74, 6) is -1.22. The van der Waals surface area contributed by atoms with Gasteiger partial charge in [0.1, 0.15) is 0 Å². The molecule has 0 radical (unpaired) electrons. The Bertz CT molecular complexity index is 243. The summed E-state index contributed by atoms with van der Waals surface area (Å²) in [6, 6.07) is 0. The minimum Gasteiger partial charge on any atom is -0.545 e. The molecule has 52 valence electrons. The monoisotopic (exact) mass is 176 g/mol. The molecule has 0 amide bonds. The van der Waals surface area contributed by atoms with Gasteiger partial charge in [-0.2, -0.15) is 0 Å². The van der Waals surface area contributed by atoms with Crippen molar-refractivity contribution in [1.29, 1.82) is 0 Å². The van der Waals surface area contributed by atoms with Crippen LogP contribution in [0.15, 0.2) is 18.6 Å². The predicted molar refractivity (Wildman–Crippen MR) is 32.6 cm³/mol. The van der Waals surface area contributed by atoms with Crippen LogP contribution in [0.5, 0.6) is 0 Å². The van der Waals surface area contributed by atoms with Gasteiger partial charge in [0.15, 0.2) is 0 Å². The zero-order chi connectivity index (χ0) is 7.40. The van der Waals surface area contributed by atoms with Gasteiger partial charge in [-0.05, 0) is 12.2 Å². The molecule has 4 nitrogen and oxygen atoms in total. The van der Waals surface area contributed by atoms with E-state index in [1.54, 1.807) is 6.20 Å². The van der Waals surface area contributed by atoms with Crippen molar-refractivity contribution in [3.8, 4) is 0 Å². The van der Waals surface area contributed by atoms with Crippen LogP contribution in [-0.4, -0.2) is 15.9 Å². The Kier molecular flexibility index (Phi) is 5.70. The van der Waals surface area contributed by atoms with Gasteiger partial charge in [-0.1, -0.05) is 0 Å². The topological polar surface area (TPSA) is 68.8 Å². The van der Waals surface area contributed by atoms with Crippen LogP contribution in [0.4, 0.5) is 0 Å². The Hall–Kier alpha value is 0.0564. The molecule has 1 rings (SSSR count). The fourth-order valence-electron chi connectivity index (χ4n) is 0.516. The number of aromatic nitrogens is 2. The Morgan fingerprint density at radius 2 is 2.45 bits per heavy atom. The molecule has 11 heavy (non-hydrogen) atoms. The number of carbonyl (C=O) groups excluding carboxylic acids is 1. The van der Waals surface area contributed by atoms with Gasteiger partial charge in [-0.25, -0.2) is 4.98 Å². The predicted octanol–water partition coefficient (Wildman–Crippen LogP) is -3.82. The van der Waals surface area contributed by atoms with Gasteiger partial charge in [-0.15, -0.1) is 0 Å². The smallest absolute Gasteiger partial charge is 0.545 e. The van der Waals surface area contributed by atoms with E-state index in [0.717, 1.165) is 6.08 Å². The Balaban J connectivity index is 0.000001000. The fraction of sp³-hybridized carbons (Fsp3) is 0. The van der Waals surface area contributed by atoms with Gasteiger partial charge in [0, 0.05) is 6.20 Å². The minimum atomic E-state index is -1.22. The summed E-state index contributed by atoms with van der Waals surface area (Å²) in [6.45, 7) is 0. The van der Waals surface area contributed by atoms with Crippen molar-refractivity contribution in [3.05, 3.63) is 24.3 Å². The molecular weight excluding hydrogens is 171 g/mol. The molecule has 1 aromatic rings. The van der Waals surface area contributed by atoms with Crippen molar-refractivity contribution in [3.63, 3.8) is 0 Å². The molecule has 0 aliphatic carbocycles. The van der Waals surface area contributed by atoms with Crippen LogP contribution < -0.4 is 56.5 Å². The summed E-state index contributed by atoms with van der Waals surface area (Å²) >= 11 is 0. The maximum atomic E-state index is 9.86. The molecule has 1 heterocycles. The molecule has 0 atom stereocenters. The number of carboxylic acids is 1. The zero-order valence-corrected chi connectivity index (χ0v) is 9.20. The van der Waals surface area contributed by atoms with Crippen LogP contribution in [0.25, 0.3) is 6.08 Å². The van der Waals surface area contributed by atoms with Gasteiger partial charge >= 0.3 is 51.4 Å². The van der Waals surface area contributed by atoms with Crippen molar-refractivity contribution < 1.29 is 61.3 Å². The molecule has 0 aliphatic heterocycles.